The second-order valence-electron chi connectivity index (χ2n) is 5.37. The van der Waals surface area contributed by atoms with Gasteiger partial charge in [-0.15, -0.1) is 0 Å². The van der Waals surface area contributed by atoms with E-state index in [0.29, 0.717) is 6.54 Å². The summed E-state index contributed by atoms with van der Waals surface area (Å²) in [6, 6.07) is 8.36. The fraction of sp³-hybridized carbons (Fsp3) is 0.562. The standard InChI is InChI=1S/C16H27N3O/c1-6-19(16(20)13(2)11-17-3)12-14-7-9-15(10-8-14)18(4)5/h7-10,13,17H,6,11-12H2,1-5H3. The molecule has 0 radical (unpaired) electrons. The van der Waals surface area contributed by atoms with Crippen LogP contribution in [0.25, 0.3) is 0 Å². The zero-order chi connectivity index (χ0) is 15.1. The van der Waals surface area contributed by atoms with Gasteiger partial charge >= 0.3 is 0 Å². The minimum absolute atomic E-state index is 0.0148. The van der Waals surface area contributed by atoms with Gasteiger partial charge in [0.25, 0.3) is 0 Å². The van der Waals surface area contributed by atoms with Gasteiger partial charge in [0.15, 0.2) is 0 Å². The highest BCUT2D eigenvalue weighted by molar-refractivity contribution is 5.78. The first kappa shape index (κ1) is 16.5. The SMILES string of the molecule is CCN(Cc1ccc(N(C)C)cc1)C(=O)C(C)CNC. The fourth-order valence-corrected chi connectivity index (χ4v) is 2.17. The Morgan fingerprint density at radius 2 is 1.85 bits per heavy atom. The molecule has 1 unspecified atom stereocenters. The van der Waals surface area contributed by atoms with Crippen molar-refractivity contribution in [1.82, 2.24) is 10.2 Å². The summed E-state index contributed by atoms with van der Waals surface area (Å²) in [5.74, 6) is 0.222. The van der Waals surface area contributed by atoms with Gasteiger partial charge in [-0.2, -0.15) is 0 Å². The molecular formula is C16H27N3O. The molecule has 20 heavy (non-hydrogen) atoms. The predicted molar refractivity (Wildman–Crippen MR) is 85.0 cm³/mol. The van der Waals surface area contributed by atoms with Crippen molar-refractivity contribution in [3.8, 4) is 0 Å². The highest BCUT2D eigenvalue weighted by Gasteiger charge is 2.18. The summed E-state index contributed by atoms with van der Waals surface area (Å²) >= 11 is 0. The number of nitrogens with zero attached hydrogens (tertiary/aromatic N) is 2. The first-order chi connectivity index (χ1) is 9.49. The Hall–Kier alpha value is -1.55. The smallest absolute Gasteiger partial charge is 0.226 e. The number of carbonyl (C=O) groups excluding carboxylic acids is 1. The third kappa shape index (κ3) is 4.53. The lowest BCUT2D eigenvalue weighted by molar-refractivity contribution is -0.135. The van der Waals surface area contributed by atoms with Gasteiger partial charge in [-0.05, 0) is 31.7 Å². The Bertz CT molecular complexity index is 414. The summed E-state index contributed by atoms with van der Waals surface area (Å²) in [5, 5.41) is 3.06. The predicted octanol–water partition coefficient (Wildman–Crippen LogP) is 1.96. The van der Waals surface area contributed by atoms with Crippen LogP contribution in [0.1, 0.15) is 19.4 Å². The van der Waals surface area contributed by atoms with Gasteiger partial charge in [0.2, 0.25) is 5.91 Å². The minimum atomic E-state index is 0.0148. The van der Waals surface area contributed by atoms with Crippen LogP contribution in [0.2, 0.25) is 0 Å². The molecule has 1 aromatic carbocycles. The monoisotopic (exact) mass is 277 g/mol. The first-order valence-corrected chi connectivity index (χ1v) is 7.19. The minimum Gasteiger partial charge on any atom is -0.378 e. The molecule has 1 rings (SSSR count). The van der Waals surface area contributed by atoms with Crippen molar-refractivity contribution in [2.75, 3.05) is 39.1 Å². The van der Waals surface area contributed by atoms with Crippen molar-refractivity contribution < 1.29 is 4.79 Å². The molecule has 0 heterocycles. The van der Waals surface area contributed by atoms with E-state index in [9.17, 15) is 4.79 Å². The normalized spacial score (nSPS) is 12.1. The molecule has 0 spiro atoms. The van der Waals surface area contributed by atoms with Gasteiger partial charge in [-0.3, -0.25) is 4.79 Å². The van der Waals surface area contributed by atoms with E-state index >= 15 is 0 Å². The van der Waals surface area contributed by atoms with E-state index in [1.54, 1.807) is 0 Å². The van der Waals surface area contributed by atoms with Crippen LogP contribution in [0.4, 0.5) is 5.69 Å². The lowest BCUT2D eigenvalue weighted by Crippen LogP contribution is -2.38. The molecular weight excluding hydrogens is 250 g/mol. The Morgan fingerprint density at radius 1 is 1.25 bits per heavy atom. The van der Waals surface area contributed by atoms with Crippen LogP contribution < -0.4 is 10.2 Å². The number of nitrogens with one attached hydrogen (secondary N) is 1. The maximum absolute atomic E-state index is 12.3. The lowest BCUT2D eigenvalue weighted by atomic mass is 10.1. The third-order valence-electron chi connectivity index (χ3n) is 3.45. The van der Waals surface area contributed by atoms with Gasteiger partial charge in [-0.1, -0.05) is 19.1 Å². The number of carbonyl (C=O) groups is 1. The van der Waals surface area contributed by atoms with Crippen molar-refractivity contribution in [3.63, 3.8) is 0 Å². The summed E-state index contributed by atoms with van der Waals surface area (Å²) in [6.45, 7) is 6.13. The number of amides is 1. The van der Waals surface area contributed by atoms with Gasteiger partial charge in [-0.25, -0.2) is 0 Å². The van der Waals surface area contributed by atoms with Crippen molar-refractivity contribution in [2.24, 2.45) is 5.92 Å². The van der Waals surface area contributed by atoms with Crippen LogP contribution >= 0.6 is 0 Å². The summed E-state index contributed by atoms with van der Waals surface area (Å²) in [6.07, 6.45) is 0. The second-order valence-corrected chi connectivity index (χ2v) is 5.37. The van der Waals surface area contributed by atoms with E-state index in [2.05, 4.69) is 34.5 Å². The van der Waals surface area contributed by atoms with Crippen LogP contribution in [0.15, 0.2) is 24.3 Å². The molecule has 0 saturated carbocycles. The van der Waals surface area contributed by atoms with Crippen molar-refractivity contribution in [2.45, 2.75) is 20.4 Å². The quantitative estimate of drug-likeness (QED) is 0.827. The number of benzene rings is 1. The fourth-order valence-electron chi connectivity index (χ4n) is 2.17. The molecule has 4 nitrogen and oxygen atoms in total. The molecule has 0 aliphatic heterocycles. The van der Waals surface area contributed by atoms with Crippen LogP contribution in [0, 0.1) is 5.92 Å². The zero-order valence-corrected chi connectivity index (χ0v) is 13.3. The van der Waals surface area contributed by atoms with E-state index in [-0.39, 0.29) is 11.8 Å². The Balaban J connectivity index is 2.70. The molecule has 0 saturated heterocycles. The van der Waals surface area contributed by atoms with Crippen molar-refractivity contribution in [1.29, 1.82) is 0 Å². The third-order valence-corrected chi connectivity index (χ3v) is 3.45. The summed E-state index contributed by atoms with van der Waals surface area (Å²) in [7, 11) is 5.92. The van der Waals surface area contributed by atoms with E-state index < -0.39 is 0 Å². The molecule has 4 heteroatoms. The summed E-state index contributed by atoms with van der Waals surface area (Å²) < 4.78 is 0. The van der Waals surface area contributed by atoms with Gasteiger partial charge < -0.3 is 15.1 Å². The zero-order valence-electron chi connectivity index (χ0n) is 13.3. The van der Waals surface area contributed by atoms with Crippen LogP contribution in [0.5, 0.6) is 0 Å². The topological polar surface area (TPSA) is 35.6 Å². The number of anilines is 1. The molecule has 1 aromatic rings. The second kappa shape index (κ2) is 7.90. The largest absolute Gasteiger partial charge is 0.378 e. The highest BCUT2D eigenvalue weighted by atomic mass is 16.2. The average Bonchev–Trinajstić information content (AvgIpc) is 2.44. The Kier molecular flexibility index (Phi) is 6.52. The van der Waals surface area contributed by atoms with Gasteiger partial charge in [0.05, 0.1) is 0 Å². The van der Waals surface area contributed by atoms with Gasteiger partial charge in [0.1, 0.15) is 0 Å². The molecule has 0 fully saturated rings. The maximum Gasteiger partial charge on any atom is 0.226 e. The number of hydrogen-bond donors (Lipinski definition) is 1. The molecule has 1 atom stereocenters. The van der Waals surface area contributed by atoms with E-state index in [1.807, 2.05) is 39.9 Å². The van der Waals surface area contributed by atoms with E-state index in [0.717, 1.165) is 13.1 Å². The number of rotatable bonds is 7. The Labute approximate surface area is 122 Å². The Morgan fingerprint density at radius 3 is 2.30 bits per heavy atom. The summed E-state index contributed by atoms with van der Waals surface area (Å²) in [4.78, 5) is 16.3. The first-order valence-electron chi connectivity index (χ1n) is 7.19. The molecule has 0 bridgehead atoms. The highest BCUT2D eigenvalue weighted by Crippen LogP contribution is 2.14. The van der Waals surface area contributed by atoms with Crippen LogP contribution in [-0.4, -0.2) is 45.0 Å². The molecule has 0 aliphatic rings. The van der Waals surface area contributed by atoms with E-state index in [1.165, 1.54) is 11.3 Å². The maximum atomic E-state index is 12.3. The molecule has 1 N–H and O–H groups in total. The van der Waals surface area contributed by atoms with Crippen molar-refractivity contribution >= 4 is 11.6 Å². The molecule has 0 aromatic heterocycles. The van der Waals surface area contributed by atoms with Crippen LogP contribution in [-0.2, 0) is 11.3 Å². The lowest BCUT2D eigenvalue weighted by Gasteiger charge is -2.25. The summed E-state index contributed by atoms with van der Waals surface area (Å²) in [5.41, 5.74) is 2.34. The van der Waals surface area contributed by atoms with Crippen molar-refractivity contribution in [3.05, 3.63) is 29.8 Å². The average molecular weight is 277 g/mol. The number of hydrogen-bond acceptors (Lipinski definition) is 3. The van der Waals surface area contributed by atoms with Crippen LogP contribution in [0.3, 0.4) is 0 Å². The molecule has 0 aliphatic carbocycles. The van der Waals surface area contributed by atoms with Gasteiger partial charge in [0, 0.05) is 45.3 Å². The van der Waals surface area contributed by atoms with E-state index in [4.69, 9.17) is 0 Å². The molecule has 112 valence electrons. The molecule has 1 amide bonds.